The summed E-state index contributed by atoms with van der Waals surface area (Å²) in [5, 5.41) is 0. The van der Waals surface area contributed by atoms with Crippen LogP contribution < -0.4 is 9.80 Å². The Hall–Kier alpha value is -1.55. The average molecular weight is 315 g/mol. The smallest absolute Gasteiger partial charge is 0.229 e. The van der Waals surface area contributed by atoms with Gasteiger partial charge in [0.05, 0.1) is 11.4 Å². The number of para-hydroxylation sites is 2. The molecule has 4 nitrogen and oxygen atoms in total. The van der Waals surface area contributed by atoms with Crippen LogP contribution in [0.1, 0.15) is 33.1 Å². The largest absolute Gasteiger partial charge is 0.367 e. The van der Waals surface area contributed by atoms with Crippen molar-refractivity contribution in [3.63, 3.8) is 0 Å². The van der Waals surface area contributed by atoms with E-state index in [1.165, 1.54) is 38.0 Å². The molecule has 0 spiro atoms. The molecule has 1 fully saturated rings. The monoisotopic (exact) mass is 315 g/mol. The van der Waals surface area contributed by atoms with Crippen LogP contribution in [0, 0.1) is 5.92 Å². The van der Waals surface area contributed by atoms with Crippen molar-refractivity contribution in [1.29, 1.82) is 0 Å². The molecular weight excluding hydrogens is 286 g/mol. The Balaban J connectivity index is 1.70. The number of likely N-dealkylation sites (tertiary alicyclic amines) is 1. The zero-order valence-electron chi connectivity index (χ0n) is 14.5. The Labute approximate surface area is 140 Å². The van der Waals surface area contributed by atoms with E-state index in [0.717, 1.165) is 31.9 Å². The van der Waals surface area contributed by atoms with Crippen LogP contribution in [0.5, 0.6) is 0 Å². The topological polar surface area (TPSA) is 26.8 Å². The molecule has 126 valence electrons. The molecule has 0 N–H and O–H groups in total. The fourth-order valence-corrected chi connectivity index (χ4v) is 3.64. The van der Waals surface area contributed by atoms with Crippen molar-refractivity contribution in [3.8, 4) is 0 Å². The maximum Gasteiger partial charge on any atom is 0.229 e. The molecule has 3 rings (SSSR count). The Bertz CT molecular complexity index is 537. The van der Waals surface area contributed by atoms with Crippen molar-refractivity contribution < 1.29 is 4.79 Å². The number of benzene rings is 1. The second-order valence-electron chi connectivity index (χ2n) is 7.02. The van der Waals surface area contributed by atoms with Gasteiger partial charge in [0.25, 0.3) is 0 Å². The van der Waals surface area contributed by atoms with Crippen LogP contribution >= 0.6 is 0 Å². The van der Waals surface area contributed by atoms with Gasteiger partial charge < -0.3 is 14.7 Å². The number of rotatable bonds is 4. The number of nitrogens with zero attached hydrogens (tertiary/aromatic N) is 3. The van der Waals surface area contributed by atoms with E-state index >= 15 is 0 Å². The third kappa shape index (κ3) is 3.69. The van der Waals surface area contributed by atoms with E-state index in [1.54, 1.807) is 0 Å². The van der Waals surface area contributed by atoms with E-state index in [1.807, 2.05) is 24.8 Å². The Morgan fingerprint density at radius 3 is 2.35 bits per heavy atom. The molecule has 0 unspecified atom stereocenters. The molecule has 1 amide bonds. The van der Waals surface area contributed by atoms with Crippen LogP contribution in [0.4, 0.5) is 11.4 Å². The first-order chi connectivity index (χ1) is 11.2. The van der Waals surface area contributed by atoms with Crippen LogP contribution in [-0.2, 0) is 4.79 Å². The van der Waals surface area contributed by atoms with Gasteiger partial charge in [0, 0.05) is 32.1 Å². The summed E-state index contributed by atoms with van der Waals surface area (Å²) in [7, 11) is 0. The quantitative estimate of drug-likeness (QED) is 0.854. The van der Waals surface area contributed by atoms with E-state index in [9.17, 15) is 4.79 Å². The molecule has 2 aliphatic heterocycles. The van der Waals surface area contributed by atoms with E-state index in [-0.39, 0.29) is 11.8 Å². The van der Waals surface area contributed by atoms with E-state index < -0.39 is 0 Å². The summed E-state index contributed by atoms with van der Waals surface area (Å²) in [6.45, 7) is 10.4. The molecule has 0 radical (unpaired) electrons. The van der Waals surface area contributed by atoms with Crippen molar-refractivity contribution in [2.45, 2.75) is 33.1 Å². The molecule has 1 aromatic rings. The fraction of sp³-hybridized carbons (Fsp3) is 0.632. The molecule has 1 saturated heterocycles. The Kier molecular flexibility index (Phi) is 5.21. The van der Waals surface area contributed by atoms with Gasteiger partial charge >= 0.3 is 0 Å². The molecular formula is C19H29N3O. The normalized spacial score (nSPS) is 19.1. The van der Waals surface area contributed by atoms with E-state index in [0.29, 0.717) is 0 Å². The lowest BCUT2D eigenvalue weighted by atomic mass is 10.1. The second kappa shape index (κ2) is 7.35. The van der Waals surface area contributed by atoms with Gasteiger partial charge in [-0.05, 0) is 38.1 Å². The molecule has 23 heavy (non-hydrogen) atoms. The number of piperidine rings is 1. The number of carbonyl (C=O) groups excluding carboxylic acids is 1. The molecule has 0 aliphatic carbocycles. The summed E-state index contributed by atoms with van der Waals surface area (Å²) in [4.78, 5) is 19.5. The number of hydrogen-bond acceptors (Lipinski definition) is 3. The van der Waals surface area contributed by atoms with Crippen LogP contribution in [-0.4, -0.2) is 50.1 Å². The molecule has 1 aromatic carbocycles. The van der Waals surface area contributed by atoms with Gasteiger partial charge in [0.1, 0.15) is 0 Å². The number of carbonyl (C=O) groups is 1. The molecule has 4 heteroatoms. The minimum Gasteiger partial charge on any atom is -0.367 e. The summed E-state index contributed by atoms with van der Waals surface area (Å²) in [6, 6.07) is 8.36. The SMILES string of the molecule is CC(C)C(=O)N1CCN(CCN2CCCCC2)c2ccccc21. The summed E-state index contributed by atoms with van der Waals surface area (Å²) >= 11 is 0. The van der Waals surface area contributed by atoms with Gasteiger partial charge in [-0.15, -0.1) is 0 Å². The highest BCUT2D eigenvalue weighted by Crippen LogP contribution is 2.33. The second-order valence-corrected chi connectivity index (χ2v) is 7.02. The first-order valence-corrected chi connectivity index (χ1v) is 9.04. The standard InChI is InChI=1S/C19H29N3O/c1-16(2)19(23)22-15-14-21(17-8-4-5-9-18(17)22)13-12-20-10-6-3-7-11-20/h4-5,8-9,16H,3,6-7,10-15H2,1-2H3. The van der Waals surface area contributed by atoms with Crippen LogP contribution in [0.15, 0.2) is 24.3 Å². The van der Waals surface area contributed by atoms with Crippen LogP contribution in [0.2, 0.25) is 0 Å². The van der Waals surface area contributed by atoms with Crippen LogP contribution in [0.25, 0.3) is 0 Å². The van der Waals surface area contributed by atoms with Gasteiger partial charge in [-0.2, -0.15) is 0 Å². The molecule has 2 heterocycles. The van der Waals surface area contributed by atoms with Crippen molar-refractivity contribution in [2.75, 3.05) is 49.1 Å². The summed E-state index contributed by atoms with van der Waals surface area (Å²) in [5.74, 6) is 0.274. The maximum atomic E-state index is 12.5. The molecule has 2 aliphatic rings. The summed E-state index contributed by atoms with van der Waals surface area (Å²) in [5.41, 5.74) is 2.29. The lowest BCUT2D eigenvalue weighted by molar-refractivity contribution is -0.121. The first kappa shape index (κ1) is 16.3. The Morgan fingerprint density at radius 2 is 1.65 bits per heavy atom. The Morgan fingerprint density at radius 1 is 0.957 bits per heavy atom. The number of anilines is 2. The minimum atomic E-state index is 0.0444. The maximum absolute atomic E-state index is 12.5. The third-order valence-corrected chi connectivity index (χ3v) is 5.00. The summed E-state index contributed by atoms with van der Waals surface area (Å²) in [6.07, 6.45) is 4.07. The highest BCUT2D eigenvalue weighted by atomic mass is 16.2. The summed E-state index contributed by atoms with van der Waals surface area (Å²) < 4.78 is 0. The zero-order valence-corrected chi connectivity index (χ0v) is 14.5. The van der Waals surface area contributed by atoms with Crippen molar-refractivity contribution in [2.24, 2.45) is 5.92 Å². The van der Waals surface area contributed by atoms with Gasteiger partial charge in [-0.1, -0.05) is 32.4 Å². The van der Waals surface area contributed by atoms with Crippen molar-refractivity contribution in [1.82, 2.24) is 4.90 Å². The lowest BCUT2D eigenvalue weighted by Gasteiger charge is -2.39. The lowest BCUT2D eigenvalue weighted by Crippen LogP contribution is -2.47. The average Bonchev–Trinajstić information content (AvgIpc) is 2.60. The van der Waals surface area contributed by atoms with Gasteiger partial charge in [-0.3, -0.25) is 4.79 Å². The van der Waals surface area contributed by atoms with Crippen molar-refractivity contribution in [3.05, 3.63) is 24.3 Å². The third-order valence-electron chi connectivity index (χ3n) is 5.00. The predicted octanol–water partition coefficient (Wildman–Crippen LogP) is 2.98. The molecule has 0 atom stereocenters. The molecule has 0 aromatic heterocycles. The predicted molar refractivity (Wildman–Crippen MR) is 96.1 cm³/mol. The molecule has 0 saturated carbocycles. The van der Waals surface area contributed by atoms with Crippen molar-refractivity contribution >= 4 is 17.3 Å². The zero-order chi connectivity index (χ0) is 16.2. The number of hydrogen-bond donors (Lipinski definition) is 0. The number of amides is 1. The molecule has 0 bridgehead atoms. The van der Waals surface area contributed by atoms with Gasteiger partial charge in [0.2, 0.25) is 5.91 Å². The minimum absolute atomic E-state index is 0.0444. The highest BCUT2D eigenvalue weighted by Gasteiger charge is 2.27. The highest BCUT2D eigenvalue weighted by molar-refractivity contribution is 5.98. The van der Waals surface area contributed by atoms with Gasteiger partial charge in [0.15, 0.2) is 0 Å². The van der Waals surface area contributed by atoms with Crippen LogP contribution in [0.3, 0.4) is 0 Å². The first-order valence-electron chi connectivity index (χ1n) is 9.04. The van der Waals surface area contributed by atoms with E-state index in [2.05, 4.69) is 28.0 Å². The van der Waals surface area contributed by atoms with E-state index in [4.69, 9.17) is 0 Å². The number of fused-ring (bicyclic) bond motifs is 1. The van der Waals surface area contributed by atoms with Gasteiger partial charge in [-0.25, -0.2) is 0 Å². The fourth-order valence-electron chi connectivity index (χ4n) is 3.64.